The number of hydrogen-bond donors (Lipinski definition) is 2. The first kappa shape index (κ1) is 14.3. The molecule has 1 heterocycles. The van der Waals surface area contributed by atoms with Gasteiger partial charge in [0.1, 0.15) is 0 Å². The summed E-state index contributed by atoms with van der Waals surface area (Å²) in [6.07, 6.45) is -0.514. The molecule has 1 aromatic rings. The Morgan fingerprint density at radius 2 is 2.00 bits per heavy atom. The number of para-hydroxylation sites is 1. The van der Waals surface area contributed by atoms with Crippen LogP contribution in [0.5, 0.6) is 0 Å². The van der Waals surface area contributed by atoms with E-state index in [0.29, 0.717) is 12.2 Å². The zero-order valence-corrected chi connectivity index (χ0v) is 12.1. The fourth-order valence-electron chi connectivity index (χ4n) is 2.65. The largest absolute Gasteiger partial charge is 0.398 e. The molecule has 0 bridgehead atoms. The minimum Gasteiger partial charge on any atom is -0.398 e. The fourth-order valence-corrected chi connectivity index (χ4v) is 2.65. The van der Waals surface area contributed by atoms with Crippen LogP contribution in [-0.4, -0.2) is 53.7 Å². The molecule has 0 aliphatic carbocycles. The van der Waals surface area contributed by atoms with E-state index in [1.165, 1.54) is 0 Å². The molecule has 1 atom stereocenters. The third kappa shape index (κ3) is 3.26. The SMILES string of the molecule is CN1CCN(CC(O)c2ccccc2N)CC1(C)C. The van der Waals surface area contributed by atoms with Crippen LogP contribution in [0.15, 0.2) is 24.3 Å². The monoisotopic (exact) mass is 263 g/mol. The van der Waals surface area contributed by atoms with Crippen molar-refractivity contribution in [3.8, 4) is 0 Å². The van der Waals surface area contributed by atoms with Gasteiger partial charge in [0.15, 0.2) is 0 Å². The van der Waals surface area contributed by atoms with Gasteiger partial charge < -0.3 is 10.8 Å². The summed E-state index contributed by atoms with van der Waals surface area (Å²) in [5.41, 5.74) is 7.57. The van der Waals surface area contributed by atoms with E-state index in [1.54, 1.807) is 0 Å². The highest BCUT2D eigenvalue weighted by Crippen LogP contribution is 2.24. The summed E-state index contributed by atoms with van der Waals surface area (Å²) in [7, 11) is 2.16. The van der Waals surface area contributed by atoms with Crippen molar-refractivity contribution < 1.29 is 5.11 Å². The van der Waals surface area contributed by atoms with E-state index in [1.807, 2.05) is 24.3 Å². The molecule has 0 radical (unpaired) electrons. The Morgan fingerprint density at radius 3 is 2.63 bits per heavy atom. The predicted octanol–water partition coefficient (Wildman–Crippen LogP) is 1.33. The Balaban J connectivity index is 2.00. The van der Waals surface area contributed by atoms with E-state index in [4.69, 9.17) is 5.73 Å². The zero-order chi connectivity index (χ0) is 14.0. The summed E-state index contributed by atoms with van der Waals surface area (Å²) < 4.78 is 0. The topological polar surface area (TPSA) is 52.7 Å². The molecular formula is C15H25N3O. The van der Waals surface area contributed by atoms with Crippen molar-refractivity contribution in [2.24, 2.45) is 0 Å². The van der Waals surface area contributed by atoms with Gasteiger partial charge in [-0.2, -0.15) is 0 Å². The number of nitrogens with zero attached hydrogens (tertiary/aromatic N) is 2. The highest BCUT2D eigenvalue weighted by molar-refractivity contribution is 5.47. The summed E-state index contributed by atoms with van der Waals surface area (Å²) in [5.74, 6) is 0. The van der Waals surface area contributed by atoms with E-state index in [0.717, 1.165) is 25.2 Å². The number of anilines is 1. The maximum Gasteiger partial charge on any atom is 0.0936 e. The van der Waals surface area contributed by atoms with Crippen molar-refractivity contribution in [2.75, 3.05) is 39.0 Å². The maximum atomic E-state index is 10.4. The maximum absolute atomic E-state index is 10.4. The fraction of sp³-hybridized carbons (Fsp3) is 0.600. The third-order valence-electron chi connectivity index (χ3n) is 4.18. The van der Waals surface area contributed by atoms with Crippen LogP contribution >= 0.6 is 0 Å². The van der Waals surface area contributed by atoms with Gasteiger partial charge in [-0.15, -0.1) is 0 Å². The van der Waals surface area contributed by atoms with Gasteiger partial charge in [0, 0.05) is 43.0 Å². The van der Waals surface area contributed by atoms with Gasteiger partial charge in [0.05, 0.1) is 6.10 Å². The molecule has 4 heteroatoms. The van der Waals surface area contributed by atoms with E-state index in [2.05, 4.69) is 30.7 Å². The van der Waals surface area contributed by atoms with Crippen LogP contribution in [-0.2, 0) is 0 Å². The molecule has 0 aromatic heterocycles. The number of β-amino-alcohol motifs (C(OH)–C–C–N with tert-alkyl or cyclic N) is 1. The number of aliphatic hydroxyl groups excluding tert-OH is 1. The third-order valence-corrected chi connectivity index (χ3v) is 4.18. The standard InChI is InChI=1S/C15H25N3O/c1-15(2)11-18(9-8-17(15)3)10-14(19)12-6-4-5-7-13(12)16/h4-7,14,19H,8-11,16H2,1-3H3. The second kappa shape index (κ2) is 5.49. The Morgan fingerprint density at radius 1 is 1.32 bits per heavy atom. The Kier molecular flexibility index (Phi) is 4.13. The molecule has 0 amide bonds. The number of piperazine rings is 1. The van der Waals surface area contributed by atoms with E-state index in [9.17, 15) is 5.11 Å². The Labute approximate surface area is 115 Å². The number of nitrogens with two attached hydrogens (primary N) is 1. The van der Waals surface area contributed by atoms with Crippen molar-refractivity contribution in [3.05, 3.63) is 29.8 Å². The van der Waals surface area contributed by atoms with E-state index in [-0.39, 0.29) is 5.54 Å². The van der Waals surface area contributed by atoms with Gasteiger partial charge >= 0.3 is 0 Å². The number of nitrogen functional groups attached to an aromatic ring is 1. The second-order valence-electron chi connectivity index (χ2n) is 6.11. The minimum absolute atomic E-state index is 0.153. The van der Waals surface area contributed by atoms with E-state index >= 15 is 0 Å². The van der Waals surface area contributed by atoms with Crippen LogP contribution in [0.4, 0.5) is 5.69 Å². The molecular weight excluding hydrogens is 238 g/mol. The van der Waals surface area contributed by atoms with Crippen LogP contribution < -0.4 is 5.73 Å². The number of rotatable bonds is 3. The van der Waals surface area contributed by atoms with E-state index < -0.39 is 6.10 Å². The lowest BCUT2D eigenvalue weighted by Crippen LogP contribution is -2.58. The molecule has 1 saturated heterocycles. The minimum atomic E-state index is -0.514. The normalized spacial score (nSPS) is 22.3. The molecule has 4 nitrogen and oxygen atoms in total. The summed E-state index contributed by atoms with van der Waals surface area (Å²) >= 11 is 0. The van der Waals surface area contributed by atoms with Crippen LogP contribution in [0.1, 0.15) is 25.5 Å². The summed E-state index contributed by atoms with van der Waals surface area (Å²) in [4.78, 5) is 4.68. The van der Waals surface area contributed by atoms with Gasteiger partial charge in [-0.1, -0.05) is 18.2 Å². The van der Waals surface area contributed by atoms with Gasteiger partial charge in [0.2, 0.25) is 0 Å². The smallest absolute Gasteiger partial charge is 0.0936 e. The van der Waals surface area contributed by atoms with Gasteiger partial charge in [0.25, 0.3) is 0 Å². The lowest BCUT2D eigenvalue weighted by Gasteiger charge is -2.45. The van der Waals surface area contributed by atoms with Crippen LogP contribution in [0.3, 0.4) is 0 Å². The summed E-state index contributed by atoms with van der Waals surface area (Å²) in [6.45, 7) is 8.11. The second-order valence-corrected chi connectivity index (χ2v) is 6.11. The predicted molar refractivity (Wildman–Crippen MR) is 79.0 cm³/mol. The lowest BCUT2D eigenvalue weighted by molar-refractivity contribution is 0.0143. The van der Waals surface area contributed by atoms with Crippen molar-refractivity contribution in [1.82, 2.24) is 9.80 Å². The Bertz CT molecular complexity index is 433. The van der Waals surface area contributed by atoms with Gasteiger partial charge in [-0.05, 0) is 27.0 Å². The van der Waals surface area contributed by atoms with Crippen molar-refractivity contribution in [2.45, 2.75) is 25.5 Å². The number of hydrogen-bond acceptors (Lipinski definition) is 4. The number of likely N-dealkylation sites (N-methyl/N-ethyl adjacent to an activating group) is 1. The first-order chi connectivity index (χ1) is 8.90. The molecule has 3 N–H and O–H groups in total. The van der Waals surface area contributed by atoms with Crippen LogP contribution in [0.2, 0.25) is 0 Å². The van der Waals surface area contributed by atoms with Gasteiger partial charge in [-0.3, -0.25) is 9.80 Å². The molecule has 1 aromatic carbocycles. The molecule has 106 valence electrons. The average Bonchev–Trinajstić information content (AvgIpc) is 2.34. The van der Waals surface area contributed by atoms with Crippen molar-refractivity contribution >= 4 is 5.69 Å². The lowest BCUT2D eigenvalue weighted by atomic mass is 9.98. The number of aliphatic hydroxyl groups is 1. The molecule has 0 saturated carbocycles. The summed E-state index contributed by atoms with van der Waals surface area (Å²) in [5, 5.41) is 10.4. The highest BCUT2D eigenvalue weighted by Gasteiger charge is 2.31. The van der Waals surface area contributed by atoms with Crippen molar-refractivity contribution in [1.29, 1.82) is 0 Å². The van der Waals surface area contributed by atoms with Gasteiger partial charge in [-0.25, -0.2) is 0 Å². The Hall–Kier alpha value is -1.10. The molecule has 1 fully saturated rings. The molecule has 19 heavy (non-hydrogen) atoms. The average molecular weight is 263 g/mol. The number of benzene rings is 1. The highest BCUT2D eigenvalue weighted by atomic mass is 16.3. The van der Waals surface area contributed by atoms with Crippen molar-refractivity contribution in [3.63, 3.8) is 0 Å². The molecule has 0 spiro atoms. The summed E-state index contributed by atoms with van der Waals surface area (Å²) in [6, 6.07) is 7.56. The molecule has 2 rings (SSSR count). The molecule has 1 unspecified atom stereocenters. The first-order valence-electron chi connectivity index (χ1n) is 6.86. The van der Waals surface area contributed by atoms with Crippen LogP contribution in [0.25, 0.3) is 0 Å². The molecule has 1 aliphatic rings. The first-order valence-corrected chi connectivity index (χ1v) is 6.86. The molecule has 1 aliphatic heterocycles. The quantitative estimate of drug-likeness (QED) is 0.808. The zero-order valence-electron chi connectivity index (χ0n) is 12.1. The van der Waals surface area contributed by atoms with Crippen LogP contribution in [0, 0.1) is 0 Å².